The smallest absolute Gasteiger partial charge is 0.337 e. The number of aryl methyl sites for hydroxylation is 2. The first-order valence-electron chi connectivity index (χ1n) is 5.35. The molecule has 1 aromatic heterocycles. The number of aromatic nitrogens is 1. The molecule has 2 rings (SSSR count). The fraction of sp³-hybridized carbons (Fsp3) is 0.308. The van der Waals surface area contributed by atoms with Gasteiger partial charge in [-0.25, -0.2) is 4.79 Å². The van der Waals surface area contributed by atoms with Gasteiger partial charge >= 0.3 is 5.97 Å². The van der Waals surface area contributed by atoms with E-state index in [0.29, 0.717) is 5.56 Å². The Balaban J connectivity index is 2.64. The van der Waals surface area contributed by atoms with Gasteiger partial charge in [0.05, 0.1) is 12.7 Å². The van der Waals surface area contributed by atoms with Crippen LogP contribution in [-0.4, -0.2) is 17.6 Å². The van der Waals surface area contributed by atoms with Gasteiger partial charge in [0.2, 0.25) is 0 Å². The number of carbonyl (C=O) groups is 1. The molecule has 3 heteroatoms. The maximum atomic E-state index is 11.4. The summed E-state index contributed by atoms with van der Waals surface area (Å²) in [6.07, 6.45) is 0. The molecule has 0 bridgehead atoms. The number of carbonyl (C=O) groups excluding carboxylic acids is 1. The van der Waals surface area contributed by atoms with Crippen molar-refractivity contribution >= 4 is 16.9 Å². The highest BCUT2D eigenvalue weighted by molar-refractivity contribution is 5.94. The highest BCUT2D eigenvalue weighted by Crippen LogP contribution is 2.21. The van der Waals surface area contributed by atoms with Crippen LogP contribution >= 0.6 is 0 Å². The van der Waals surface area contributed by atoms with E-state index in [-0.39, 0.29) is 5.97 Å². The van der Waals surface area contributed by atoms with Gasteiger partial charge in [0, 0.05) is 17.8 Å². The summed E-state index contributed by atoms with van der Waals surface area (Å²) >= 11 is 0. The van der Waals surface area contributed by atoms with Crippen molar-refractivity contribution in [2.24, 2.45) is 0 Å². The molecular weight excluding hydrogens is 202 g/mol. The van der Waals surface area contributed by atoms with Crippen molar-refractivity contribution in [2.75, 3.05) is 7.11 Å². The lowest BCUT2D eigenvalue weighted by atomic mass is 10.1. The van der Waals surface area contributed by atoms with Gasteiger partial charge in [-0.3, -0.25) is 0 Å². The monoisotopic (exact) mass is 217 g/mol. The minimum atomic E-state index is -0.289. The molecule has 0 aliphatic heterocycles. The molecule has 16 heavy (non-hydrogen) atoms. The molecule has 0 N–H and O–H groups in total. The van der Waals surface area contributed by atoms with Crippen LogP contribution in [0.4, 0.5) is 0 Å². The Labute approximate surface area is 94.6 Å². The first kappa shape index (κ1) is 10.7. The van der Waals surface area contributed by atoms with E-state index >= 15 is 0 Å². The molecule has 84 valence electrons. The predicted octanol–water partition coefficient (Wildman–Crippen LogP) is 2.76. The molecule has 0 saturated heterocycles. The summed E-state index contributed by atoms with van der Waals surface area (Å²) in [6.45, 7) is 5.07. The van der Waals surface area contributed by atoms with E-state index in [1.54, 1.807) is 6.07 Å². The van der Waals surface area contributed by atoms with Crippen LogP contribution in [0.3, 0.4) is 0 Å². The fourth-order valence-electron chi connectivity index (χ4n) is 2.06. The van der Waals surface area contributed by atoms with Crippen LogP contribution in [0.25, 0.3) is 10.9 Å². The Morgan fingerprint density at radius 2 is 2.12 bits per heavy atom. The van der Waals surface area contributed by atoms with Crippen molar-refractivity contribution in [1.29, 1.82) is 0 Å². The summed E-state index contributed by atoms with van der Waals surface area (Å²) < 4.78 is 6.90. The van der Waals surface area contributed by atoms with E-state index in [4.69, 9.17) is 4.74 Å². The second-order valence-corrected chi connectivity index (χ2v) is 3.80. The van der Waals surface area contributed by atoms with Crippen molar-refractivity contribution in [1.82, 2.24) is 4.57 Å². The number of rotatable bonds is 2. The van der Waals surface area contributed by atoms with E-state index < -0.39 is 0 Å². The van der Waals surface area contributed by atoms with Gasteiger partial charge in [-0.15, -0.1) is 0 Å². The number of nitrogens with zero attached hydrogens (tertiary/aromatic N) is 1. The second kappa shape index (κ2) is 4.00. The van der Waals surface area contributed by atoms with E-state index in [1.807, 2.05) is 12.1 Å². The quantitative estimate of drug-likeness (QED) is 0.724. The minimum absolute atomic E-state index is 0.289. The zero-order valence-electron chi connectivity index (χ0n) is 9.78. The second-order valence-electron chi connectivity index (χ2n) is 3.80. The maximum Gasteiger partial charge on any atom is 0.337 e. The Morgan fingerprint density at radius 1 is 1.38 bits per heavy atom. The molecule has 0 amide bonds. The van der Waals surface area contributed by atoms with Crippen LogP contribution in [0.5, 0.6) is 0 Å². The predicted molar refractivity (Wildman–Crippen MR) is 63.7 cm³/mol. The van der Waals surface area contributed by atoms with E-state index in [2.05, 4.69) is 24.5 Å². The van der Waals surface area contributed by atoms with E-state index in [1.165, 1.54) is 12.8 Å². The number of hydrogen-bond acceptors (Lipinski definition) is 2. The number of fused-ring (bicyclic) bond motifs is 1. The Bertz CT molecular complexity index is 540. The summed E-state index contributed by atoms with van der Waals surface area (Å²) in [6, 6.07) is 7.77. The lowest BCUT2D eigenvalue weighted by Gasteiger charge is -2.05. The summed E-state index contributed by atoms with van der Waals surface area (Å²) in [5.74, 6) is -0.289. The molecule has 2 aromatic rings. The van der Waals surface area contributed by atoms with Gasteiger partial charge in [-0.2, -0.15) is 0 Å². The molecule has 0 aliphatic rings. The third-order valence-electron chi connectivity index (χ3n) is 2.85. The molecule has 0 saturated carbocycles. The number of hydrogen-bond donors (Lipinski definition) is 0. The fourth-order valence-corrected chi connectivity index (χ4v) is 2.06. The van der Waals surface area contributed by atoms with Crippen molar-refractivity contribution in [3.63, 3.8) is 0 Å². The van der Waals surface area contributed by atoms with Crippen molar-refractivity contribution in [3.05, 3.63) is 35.5 Å². The van der Waals surface area contributed by atoms with Gasteiger partial charge in [-0.05, 0) is 37.4 Å². The molecule has 1 aromatic carbocycles. The standard InChI is InChI=1S/C13H15NO2/c1-4-14-9(2)7-10-5-6-11(8-12(10)14)13(15)16-3/h5-8H,4H2,1-3H3. The van der Waals surface area contributed by atoms with Crippen LogP contribution in [-0.2, 0) is 11.3 Å². The topological polar surface area (TPSA) is 31.2 Å². The zero-order chi connectivity index (χ0) is 11.7. The lowest BCUT2D eigenvalue weighted by Crippen LogP contribution is -2.02. The van der Waals surface area contributed by atoms with Gasteiger partial charge in [-0.1, -0.05) is 6.07 Å². The first-order valence-corrected chi connectivity index (χ1v) is 5.35. The Kier molecular flexibility index (Phi) is 2.69. The zero-order valence-corrected chi connectivity index (χ0v) is 9.78. The van der Waals surface area contributed by atoms with E-state index in [0.717, 1.165) is 17.4 Å². The van der Waals surface area contributed by atoms with Gasteiger partial charge < -0.3 is 9.30 Å². The molecular formula is C13H15NO2. The molecule has 0 unspecified atom stereocenters. The number of ether oxygens (including phenoxy) is 1. The van der Waals surface area contributed by atoms with Gasteiger partial charge in [0.1, 0.15) is 0 Å². The molecule has 0 radical (unpaired) electrons. The van der Waals surface area contributed by atoms with Crippen LogP contribution in [0.15, 0.2) is 24.3 Å². The third kappa shape index (κ3) is 1.58. The summed E-state index contributed by atoms with van der Waals surface area (Å²) in [7, 11) is 1.40. The van der Waals surface area contributed by atoms with Gasteiger partial charge in [0.15, 0.2) is 0 Å². The summed E-state index contributed by atoms with van der Waals surface area (Å²) in [4.78, 5) is 11.4. The summed E-state index contributed by atoms with van der Waals surface area (Å²) in [5, 5.41) is 1.16. The lowest BCUT2D eigenvalue weighted by molar-refractivity contribution is 0.0601. The average molecular weight is 217 g/mol. The van der Waals surface area contributed by atoms with Crippen LogP contribution in [0, 0.1) is 6.92 Å². The Hall–Kier alpha value is -1.77. The highest BCUT2D eigenvalue weighted by atomic mass is 16.5. The first-order chi connectivity index (χ1) is 7.67. The highest BCUT2D eigenvalue weighted by Gasteiger charge is 2.09. The van der Waals surface area contributed by atoms with Crippen LogP contribution in [0.1, 0.15) is 23.0 Å². The van der Waals surface area contributed by atoms with Gasteiger partial charge in [0.25, 0.3) is 0 Å². The molecule has 0 fully saturated rings. The minimum Gasteiger partial charge on any atom is -0.465 e. The number of esters is 1. The SMILES string of the molecule is CCn1c(C)cc2ccc(C(=O)OC)cc21. The average Bonchev–Trinajstić information content (AvgIpc) is 2.62. The normalized spacial score (nSPS) is 10.7. The summed E-state index contributed by atoms with van der Waals surface area (Å²) in [5.41, 5.74) is 2.89. The van der Waals surface area contributed by atoms with Crippen LogP contribution in [0.2, 0.25) is 0 Å². The van der Waals surface area contributed by atoms with Crippen molar-refractivity contribution < 1.29 is 9.53 Å². The third-order valence-corrected chi connectivity index (χ3v) is 2.85. The molecule has 3 nitrogen and oxygen atoms in total. The molecule has 0 aliphatic carbocycles. The Morgan fingerprint density at radius 3 is 2.75 bits per heavy atom. The molecule has 0 spiro atoms. The number of benzene rings is 1. The largest absolute Gasteiger partial charge is 0.465 e. The molecule has 1 heterocycles. The van der Waals surface area contributed by atoms with Crippen molar-refractivity contribution in [3.8, 4) is 0 Å². The molecule has 0 atom stereocenters. The van der Waals surface area contributed by atoms with Crippen molar-refractivity contribution in [2.45, 2.75) is 20.4 Å². The van der Waals surface area contributed by atoms with Crippen LogP contribution < -0.4 is 0 Å². The number of methoxy groups -OCH3 is 1. The maximum absolute atomic E-state index is 11.4. The van der Waals surface area contributed by atoms with E-state index in [9.17, 15) is 4.79 Å².